The van der Waals surface area contributed by atoms with Crippen LogP contribution < -0.4 is 10.6 Å². The Kier molecular flexibility index (Phi) is 5.08. The number of hydrogen-bond donors (Lipinski definition) is 2. The molecule has 1 unspecified atom stereocenters. The van der Waals surface area contributed by atoms with Gasteiger partial charge in [0, 0.05) is 13.1 Å². The van der Waals surface area contributed by atoms with E-state index in [1.165, 1.54) is 5.56 Å². The minimum absolute atomic E-state index is 0.100. The van der Waals surface area contributed by atoms with Crippen LogP contribution in [0.15, 0.2) is 24.3 Å². The molecule has 0 aliphatic carbocycles. The first kappa shape index (κ1) is 13.4. The van der Waals surface area contributed by atoms with Gasteiger partial charge >= 0.3 is 0 Å². The fourth-order valence-electron chi connectivity index (χ4n) is 2.27. The summed E-state index contributed by atoms with van der Waals surface area (Å²) in [5.74, 6) is 1.19. The number of fused-ring (bicyclic) bond motifs is 1. The van der Waals surface area contributed by atoms with E-state index < -0.39 is 0 Å². The van der Waals surface area contributed by atoms with Crippen LogP contribution in [0.1, 0.15) is 23.6 Å². The number of carbonyl (C=O) groups excluding carboxylic acids is 1. The number of benzene rings is 1. The van der Waals surface area contributed by atoms with E-state index >= 15 is 0 Å². The van der Waals surface area contributed by atoms with Gasteiger partial charge in [-0.05, 0) is 36.0 Å². The van der Waals surface area contributed by atoms with E-state index in [1.54, 1.807) is 0 Å². The first-order valence-electron chi connectivity index (χ1n) is 6.41. The summed E-state index contributed by atoms with van der Waals surface area (Å²) in [5.41, 5.74) is 2.42. The van der Waals surface area contributed by atoms with E-state index in [0.717, 1.165) is 37.2 Å². The van der Waals surface area contributed by atoms with Crippen LogP contribution in [0.5, 0.6) is 0 Å². The van der Waals surface area contributed by atoms with Crippen molar-refractivity contribution in [3.63, 3.8) is 0 Å². The number of hydrogen-bond acceptors (Lipinski definition) is 3. The maximum Gasteiger partial charge on any atom is 0.241 e. The third-order valence-electron chi connectivity index (χ3n) is 3.20. The lowest BCUT2D eigenvalue weighted by Crippen LogP contribution is -2.41. The third kappa shape index (κ3) is 3.27. The van der Waals surface area contributed by atoms with E-state index in [-0.39, 0.29) is 11.9 Å². The molecule has 0 saturated carbocycles. The van der Waals surface area contributed by atoms with Gasteiger partial charge in [0.05, 0.1) is 0 Å². The summed E-state index contributed by atoms with van der Waals surface area (Å²) in [4.78, 5) is 12.1. The second kappa shape index (κ2) is 6.81. The van der Waals surface area contributed by atoms with Gasteiger partial charge < -0.3 is 10.6 Å². The number of nitrogens with one attached hydrogen (secondary N) is 2. The quantitative estimate of drug-likeness (QED) is 0.796. The SMILES string of the molecule is CSCCCNC(=O)C1NCCc2ccccc21. The van der Waals surface area contributed by atoms with Crippen molar-refractivity contribution in [1.82, 2.24) is 10.6 Å². The van der Waals surface area contributed by atoms with Crippen LogP contribution in [0, 0.1) is 0 Å². The lowest BCUT2D eigenvalue weighted by atomic mass is 9.94. The van der Waals surface area contributed by atoms with E-state index in [0.29, 0.717) is 0 Å². The van der Waals surface area contributed by atoms with Crippen molar-refractivity contribution in [3.05, 3.63) is 35.4 Å². The van der Waals surface area contributed by atoms with Gasteiger partial charge in [-0.2, -0.15) is 11.8 Å². The second-order valence-electron chi connectivity index (χ2n) is 4.47. The fourth-order valence-corrected chi connectivity index (χ4v) is 2.70. The highest BCUT2D eigenvalue weighted by Crippen LogP contribution is 2.22. The Hall–Kier alpha value is -1.00. The fraction of sp³-hybridized carbons (Fsp3) is 0.500. The van der Waals surface area contributed by atoms with E-state index in [1.807, 2.05) is 30.0 Å². The monoisotopic (exact) mass is 264 g/mol. The summed E-state index contributed by atoms with van der Waals surface area (Å²) in [6, 6.07) is 8.03. The van der Waals surface area contributed by atoms with Gasteiger partial charge in [-0.15, -0.1) is 0 Å². The van der Waals surface area contributed by atoms with Crippen molar-refractivity contribution in [1.29, 1.82) is 0 Å². The summed E-state index contributed by atoms with van der Waals surface area (Å²) in [6.07, 6.45) is 4.12. The molecule has 98 valence electrons. The predicted molar refractivity (Wildman–Crippen MR) is 76.9 cm³/mol. The number of rotatable bonds is 5. The molecule has 0 aromatic heterocycles. The average Bonchev–Trinajstić information content (AvgIpc) is 2.43. The van der Waals surface area contributed by atoms with E-state index in [9.17, 15) is 4.79 Å². The first-order valence-corrected chi connectivity index (χ1v) is 7.80. The zero-order valence-corrected chi connectivity index (χ0v) is 11.6. The molecule has 1 aliphatic heterocycles. The molecular formula is C14H20N2OS. The van der Waals surface area contributed by atoms with Crippen molar-refractivity contribution in [3.8, 4) is 0 Å². The molecule has 18 heavy (non-hydrogen) atoms. The first-order chi connectivity index (χ1) is 8.83. The molecule has 1 aliphatic rings. The van der Waals surface area contributed by atoms with Gasteiger partial charge in [0.2, 0.25) is 5.91 Å². The van der Waals surface area contributed by atoms with Crippen LogP contribution >= 0.6 is 11.8 Å². The molecule has 2 rings (SSSR count). The molecule has 2 N–H and O–H groups in total. The Bertz CT molecular complexity index is 409. The highest BCUT2D eigenvalue weighted by molar-refractivity contribution is 7.98. The van der Waals surface area contributed by atoms with Crippen molar-refractivity contribution >= 4 is 17.7 Å². The van der Waals surface area contributed by atoms with Crippen LogP contribution in [-0.2, 0) is 11.2 Å². The zero-order valence-electron chi connectivity index (χ0n) is 10.7. The van der Waals surface area contributed by atoms with Crippen LogP contribution in [0.2, 0.25) is 0 Å². The molecule has 3 nitrogen and oxygen atoms in total. The highest BCUT2D eigenvalue weighted by Gasteiger charge is 2.24. The topological polar surface area (TPSA) is 41.1 Å². The van der Waals surface area contributed by atoms with Crippen LogP contribution in [0.4, 0.5) is 0 Å². The Balaban J connectivity index is 1.95. The Labute approximate surface area is 113 Å². The molecule has 1 amide bonds. The summed E-state index contributed by atoms with van der Waals surface area (Å²) in [5, 5.41) is 6.31. The number of thioether (sulfide) groups is 1. The summed E-state index contributed by atoms with van der Waals surface area (Å²) in [7, 11) is 0. The molecule has 0 fully saturated rings. The molecular weight excluding hydrogens is 244 g/mol. The van der Waals surface area contributed by atoms with Gasteiger partial charge in [0.25, 0.3) is 0 Å². The normalized spacial score (nSPS) is 18.2. The standard InChI is InChI=1S/C14H20N2OS/c1-18-10-4-8-16-14(17)13-12-6-3-2-5-11(12)7-9-15-13/h2-3,5-6,13,15H,4,7-10H2,1H3,(H,16,17). The summed E-state index contributed by atoms with van der Waals surface area (Å²) < 4.78 is 0. The second-order valence-corrected chi connectivity index (χ2v) is 5.46. The maximum atomic E-state index is 12.1. The summed E-state index contributed by atoms with van der Waals surface area (Å²) in [6.45, 7) is 1.64. The molecule has 0 bridgehead atoms. The molecule has 0 saturated heterocycles. The lowest BCUT2D eigenvalue weighted by molar-refractivity contribution is -0.123. The van der Waals surface area contributed by atoms with Crippen LogP contribution in [0.3, 0.4) is 0 Å². The van der Waals surface area contributed by atoms with Gasteiger partial charge in [-0.1, -0.05) is 24.3 Å². The predicted octanol–water partition coefficient (Wildman–Crippen LogP) is 1.74. The van der Waals surface area contributed by atoms with Crippen LogP contribution in [0.25, 0.3) is 0 Å². The van der Waals surface area contributed by atoms with Crippen molar-refractivity contribution in [2.45, 2.75) is 18.9 Å². The van der Waals surface area contributed by atoms with Crippen molar-refractivity contribution in [2.75, 3.05) is 25.1 Å². The largest absolute Gasteiger partial charge is 0.354 e. The summed E-state index contributed by atoms with van der Waals surface area (Å²) >= 11 is 1.81. The Morgan fingerprint density at radius 2 is 2.33 bits per heavy atom. The van der Waals surface area contributed by atoms with Crippen LogP contribution in [-0.4, -0.2) is 31.0 Å². The minimum atomic E-state index is -0.177. The molecule has 4 heteroatoms. The zero-order chi connectivity index (χ0) is 12.8. The van der Waals surface area contributed by atoms with E-state index in [4.69, 9.17) is 0 Å². The molecule has 0 spiro atoms. The molecule has 1 atom stereocenters. The number of carbonyl (C=O) groups is 1. The smallest absolute Gasteiger partial charge is 0.241 e. The third-order valence-corrected chi connectivity index (χ3v) is 3.89. The van der Waals surface area contributed by atoms with Gasteiger partial charge in [0.1, 0.15) is 6.04 Å². The molecule has 1 aromatic carbocycles. The van der Waals surface area contributed by atoms with Gasteiger partial charge in [-0.25, -0.2) is 0 Å². The van der Waals surface area contributed by atoms with Gasteiger partial charge in [-0.3, -0.25) is 4.79 Å². The Morgan fingerprint density at radius 3 is 3.17 bits per heavy atom. The highest BCUT2D eigenvalue weighted by atomic mass is 32.2. The molecule has 0 radical (unpaired) electrons. The number of amides is 1. The van der Waals surface area contributed by atoms with Gasteiger partial charge in [0.15, 0.2) is 0 Å². The Morgan fingerprint density at radius 1 is 1.50 bits per heavy atom. The maximum absolute atomic E-state index is 12.1. The minimum Gasteiger partial charge on any atom is -0.354 e. The van der Waals surface area contributed by atoms with E-state index in [2.05, 4.69) is 23.0 Å². The molecule has 1 aromatic rings. The van der Waals surface area contributed by atoms with Crippen molar-refractivity contribution in [2.24, 2.45) is 0 Å². The molecule has 1 heterocycles. The van der Waals surface area contributed by atoms with Crippen molar-refractivity contribution < 1.29 is 4.79 Å². The lowest BCUT2D eigenvalue weighted by Gasteiger charge is -2.26. The average molecular weight is 264 g/mol.